The Balaban J connectivity index is 0.00000312. The molecule has 0 unspecified atom stereocenters. The molecular formula is C18H27IN4OS. The number of thiophene rings is 1. The van der Waals surface area contributed by atoms with Crippen molar-refractivity contribution in [3.63, 3.8) is 0 Å². The third kappa shape index (κ3) is 6.14. The third-order valence-corrected chi connectivity index (χ3v) is 4.71. The molecule has 2 aromatic heterocycles. The molecule has 2 rings (SSSR count). The van der Waals surface area contributed by atoms with Crippen LogP contribution in [0.4, 0.5) is 0 Å². The second kappa shape index (κ2) is 10.6. The van der Waals surface area contributed by atoms with Crippen molar-refractivity contribution in [2.24, 2.45) is 4.99 Å². The van der Waals surface area contributed by atoms with E-state index < -0.39 is 0 Å². The average molecular weight is 474 g/mol. The van der Waals surface area contributed by atoms with Gasteiger partial charge in [-0.1, -0.05) is 0 Å². The first-order chi connectivity index (χ1) is 11.5. The van der Waals surface area contributed by atoms with E-state index in [1.807, 2.05) is 20.0 Å². The molecule has 0 radical (unpaired) electrons. The maximum absolute atomic E-state index is 5.46. The minimum absolute atomic E-state index is 0. The van der Waals surface area contributed by atoms with Crippen molar-refractivity contribution >= 4 is 41.3 Å². The third-order valence-electron chi connectivity index (χ3n) is 3.71. The maximum atomic E-state index is 5.46. The number of aliphatic imine (C=N–C) groups is 1. The summed E-state index contributed by atoms with van der Waals surface area (Å²) in [6, 6.07) is 4.28. The molecular weight excluding hydrogens is 447 g/mol. The lowest BCUT2D eigenvalue weighted by molar-refractivity contribution is 0.407. The number of halogens is 1. The van der Waals surface area contributed by atoms with Gasteiger partial charge in [0.15, 0.2) is 5.96 Å². The van der Waals surface area contributed by atoms with Gasteiger partial charge in [-0.25, -0.2) is 4.99 Å². The fraction of sp³-hybridized carbons (Fsp3) is 0.444. The van der Waals surface area contributed by atoms with Crippen LogP contribution < -0.4 is 15.4 Å². The Labute approximate surface area is 171 Å². The summed E-state index contributed by atoms with van der Waals surface area (Å²) in [7, 11) is 1.69. The van der Waals surface area contributed by atoms with Crippen LogP contribution in [0.5, 0.6) is 5.75 Å². The monoisotopic (exact) mass is 474 g/mol. The fourth-order valence-electron chi connectivity index (χ4n) is 2.48. The van der Waals surface area contributed by atoms with E-state index in [0.717, 1.165) is 41.6 Å². The first kappa shape index (κ1) is 21.7. The van der Waals surface area contributed by atoms with E-state index >= 15 is 0 Å². The molecule has 0 aromatic carbocycles. The number of hydrogen-bond acceptors (Lipinski definition) is 4. The van der Waals surface area contributed by atoms with Crippen molar-refractivity contribution in [1.82, 2.24) is 15.6 Å². The molecule has 0 saturated carbocycles. The highest BCUT2D eigenvalue weighted by molar-refractivity contribution is 14.0. The molecule has 0 aliphatic carbocycles. The predicted octanol–water partition coefficient (Wildman–Crippen LogP) is 3.95. The van der Waals surface area contributed by atoms with Crippen LogP contribution in [0, 0.1) is 20.8 Å². The molecule has 2 aromatic rings. The predicted molar refractivity (Wildman–Crippen MR) is 116 cm³/mol. The normalized spacial score (nSPS) is 11.0. The zero-order valence-electron chi connectivity index (χ0n) is 15.5. The summed E-state index contributed by atoms with van der Waals surface area (Å²) in [5.41, 5.74) is 3.02. The van der Waals surface area contributed by atoms with Crippen molar-refractivity contribution in [2.45, 2.75) is 40.8 Å². The van der Waals surface area contributed by atoms with Crippen LogP contribution in [0.3, 0.4) is 0 Å². The number of aryl methyl sites for hydroxylation is 2. The maximum Gasteiger partial charge on any atom is 0.191 e. The fourth-order valence-corrected chi connectivity index (χ4v) is 3.31. The van der Waals surface area contributed by atoms with E-state index in [2.05, 4.69) is 46.6 Å². The van der Waals surface area contributed by atoms with Gasteiger partial charge in [0, 0.05) is 33.6 Å². The topological polar surface area (TPSA) is 58.5 Å². The zero-order valence-corrected chi connectivity index (χ0v) is 18.6. The van der Waals surface area contributed by atoms with E-state index in [1.165, 1.54) is 9.75 Å². The van der Waals surface area contributed by atoms with Gasteiger partial charge in [0.1, 0.15) is 5.75 Å². The second-order valence-corrected chi connectivity index (χ2v) is 6.98. The SMILES string of the molecule is CCNC(=NCc1ncc(C)c(OC)c1C)NCc1ccc(C)s1.I. The number of methoxy groups -OCH3 is 1. The van der Waals surface area contributed by atoms with E-state index in [1.54, 1.807) is 18.4 Å². The Hall–Kier alpha value is -1.35. The summed E-state index contributed by atoms with van der Waals surface area (Å²) in [5, 5.41) is 6.64. The molecule has 25 heavy (non-hydrogen) atoms. The Bertz CT molecular complexity index is 715. The number of ether oxygens (including phenoxy) is 1. The molecule has 0 atom stereocenters. The highest BCUT2D eigenvalue weighted by atomic mass is 127. The number of nitrogens with zero attached hydrogens (tertiary/aromatic N) is 2. The summed E-state index contributed by atoms with van der Waals surface area (Å²) < 4.78 is 5.46. The lowest BCUT2D eigenvalue weighted by atomic mass is 10.1. The Kier molecular flexibility index (Phi) is 9.20. The van der Waals surface area contributed by atoms with Gasteiger partial charge >= 0.3 is 0 Å². The smallest absolute Gasteiger partial charge is 0.191 e. The molecule has 0 fully saturated rings. The van der Waals surface area contributed by atoms with Gasteiger partial charge in [-0.3, -0.25) is 4.98 Å². The van der Waals surface area contributed by atoms with Crippen LogP contribution in [0.15, 0.2) is 23.3 Å². The molecule has 0 amide bonds. The highest BCUT2D eigenvalue weighted by Crippen LogP contribution is 2.24. The Morgan fingerprint density at radius 1 is 1.24 bits per heavy atom. The van der Waals surface area contributed by atoms with Gasteiger partial charge in [0.2, 0.25) is 0 Å². The summed E-state index contributed by atoms with van der Waals surface area (Å²) in [4.78, 5) is 11.8. The lowest BCUT2D eigenvalue weighted by Gasteiger charge is -2.13. The van der Waals surface area contributed by atoms with E-state index in [-0.39, 0.29) is 24.0 Å². The molecule has 5 nitrogen and oxygen atoms in total. The Morgan fingerprint density at radius 2 is 2.00 bits per heavy atom. The highest BCUT2D eigenvalue weighted by Gasteiger charge is 2.09. The van der Waals surface area contributed by atoms with Crippen molar-refractivity contribution in [3.05, 3.63) is 44.9 Å². The quantitative estimate of drug-likeness (QED) is 0.378. The number of rotatable bonds is 6. The summed E-state index contributed by atoms with van der Waals surface area (Å²) >= 11 is 1.80. The molecule has 0 aliphatic heterocycles. The number of pyridine rings is 1. The van der Waals surface area contributed by atoms with Crippen LogP contribution in [-0.4, -0.2) is 24.6 Å². The first-order valence-corrected chi connectivity index (χ1v) is 8.93. The molecule has 2 heterocycles. The molecule has 0 aliphatic rings. The van der Waals surface area contributed by atoms with Crippen LogP contribution in [0.1, 0.15) is 33.5 Å². The van der Waals surface area contributed by atoms with Crippen LogP contribution in [-0.2, 0) is 13.1 Å². The van der Waals surface area contributed by atoms with Crippen molar-refractivity contribution < 1.29 is 4.74 Å². The molecule has 0 spiro atoms. The zero-order chi connectivity index (χ0) is 17.5. The van der Waals surface area contributed by atoms with Crippen LogP contribution in [0.25, 0.3) is 0 Å². The molecule has 2 N–H and O–H groups in total. The number of hydrogen-bond donors (Lipinski definition) is 2. The van der Waals surface area contributed by atoms with Gasteiger partial charge in [-0.05, 0) is 39.8 Å². The van der Waals surface area contributed by atoms with Crippen molar-refractivity contribution in [1.29, 1.82) is 0 Å². The standard InChI is InChI=1S/C18H26N4OS.HI/c1-6-19-18(21-10-15-8-7-13(3)24-15)22-11-16-14(4)17(23-5)12(2)9-20-16;/h7-9H,6,10-11H2,1-5H3,(H2,19,21,22);1H. The Morgan fingerprint density at radius 3 is 2.60 bits per heavy atom. The van der Waals surface area contributed by atoms with E-state index in [9.17, 15) is 0 Å². The van der Waals surface area contributed by atoms with Gasteiger partial charge in [-0.2, -0.15) is 0 Å². The number of guanidine groups is 1. The minimum Gasteiger partial charge on any atom is -0.496 e. The first-order valence-electron chi connectivity index (χ1n) is 8.11. The molecule has 0 saturated heterocycles. The second-order valence-electron chi connectivity index (χ2n) is 5.61. The summed E-state index contributed by atoms with van der Waals surface area (Å²) in [6.07, 6.45) is 1.84. The molecule has 138 valence electrons. The van der Waals surface area contributed by atoms with Gasteiger partial charge < -0.3 is 15.4 Å². The number of aromatic nitrogens is 1. The van der Waals surface area contributed by atoms with Gasteiger partial charge in [0.25, 0.3) is 0 Å². The van der Waals surface area contributed by atoms with Crippen molar-refractivity contribution in [3.8, 4) is 5.75 Å². The average Bonchev–Trinajstić information content (AvgIpc) is 2.97. The van der Waals surface area contributed by atoms with E-state index in [0.29, 0.717) is 6.54 Å². The largest absolute Gasteiger partial charge is 0.496 e. The number of nitrogens with one attached hydrogen (secondary N) is 2. The van der Waals surface area contributed by atoms with Crippen LogP contribution in [0.2, 0.25) is 0 Å². The molecule has 7 heteroatoms. The van der Waals surface area contributed by atoms with Crippen LogP contribution >= 0.6 is 35.3 Å². The van der Waals surface area contributed by atoms with Gasteiger partial charge in [-0.15, -0.1) is 35.3 Å². The van der Waals surface area contributed by atoms with E-state index in [4.69, 9.17) is 4.74 Å². The summed E-state index contributed by atoms with van der Waals surface area (Å²) in [5.74, 6) is 1.69. The van der Waals surface area contributed by atoms with Crippen molar-refractivity contribution in [2.75, 3.05) is 13.7 Å². The lowest BCUT2D eigenvalue weighted by Crippen LogP contribution is -2.36. The van der Waals surface area contributed by atoms with Gasteiger partial charge in [0.05, 0.1) is 25.9 Å². The summed E-state index contributed by atoms with van der Waals surface area (Å²) in [6.45, 7) is 10.3. The minimum atomic E-state index is 0. The molecule has 0 bridgehead atoms.